The highest BCUT2D eigenvalue weighted by molar-refractivity contribution is 6.31. The van der Waals surface area contributed by atoms with E-state index < -0.39 is 0 Å². The average Bonchev–Trinajstić information content (AvgIpc) is 2.86. The summed E-state index contributed by atoms with van der Waals surface area (Å²) in [5.41, 5.74) is 10.6. The number of hydrogen-bond donors (Lipinski definition) is 1. The van der Waals surface area contributed by atoms with Crippen LogP contribution in [0.2, 0.25) is 5.02 Å². The first-order valence-corrected chi connectivity index (χ1v) is 6.96. The molecule has 3 rings (SSSR count). The number of aromatic nitrogens is 2. The summed E-state index contributed by atoms with van der Waals surface area (Å²) in [7, 11) is 0. The second kappa shape index (κ2) is 5.27. The first-order valence-electron chi connectivity index (χ1n) is 6.58. The van der Waals surface area contributed by atoms with E-state index in [1.165, 1.54) is 0 Å². The van der Waals surface area contributed by atoms with Gasteiger partial charge in [0.25, 0.3) is 0 Å². The molecule has 2 heterocycles. The van der Waals surface area contributed by atoms with Crippen molar-refractivity contribution in [2.45, 2.75) is 19.4 Å². The van der Waals surface area contributed by atoms with Gasteiger partial charge in [0.15, 0.2) is 0 Å². The van der Waals surface area contributed by atoms with E-state index in [0.29, 0.717) is 6.42 Å². The van der Waals surface area contributed by atoms with Crippen LogP contribution in [0.3, 0.4) is 0 Å². The first kappa shape index (κ1) is 13.2. The van der Waals surface area contributed by atoms with Crippen molar-refractivity contribution in [2.75, 3.05) is 0 Å². The van der Waals surface area contributed by atoms with E-state index in [-0.39, 0.29) is 6.04 Å². The van der Waals surface area contributed by atoms with Crippen LogP contribution < -0.4 is 5.73 Å². The molecule has 20 heavy (non-hydrogen) atoms. The molecule has 1 atom stereocenters. The van der Waals surface area contributed by atoms with E-state index in [1.807, 2.05) is 54.2 Å². The van der Waals surface area contributed by atoms with Gasteiger partial charge < -0.3 is 5.73 Å². The van der Waals surface area contributed by atoms with E-state index in [2.05, 4.69) is 11.2 Å². The van der Waals surface area contributed by atoms with Crippen molar-refractivity contribution < 1.29 is 0 Å². The number of fused-ring (bicyclic) bond motifs is 1. The predicted molar refractivity (Wildman–Crippen MR) is 82.0 cm³/mol. The zero-order valence-corrected chi connectivity index (χ0v) is 12.0. The molecule has 1 unspecified atom stereocenters. The molecule has 0 amide bonds. The molecular weight excluding hydrogens is 270 g/mol. The Hall–Kier alpha value is -1.84. The molecule has 2 N–H and O–H groups in total. The summed E-state index contributed by atoms with van der Waals surface area (Å²) in [5.74, 6) is 0. The molecule has 3 aromatic rings. The molecule has 0 saturated carbocycles. The number of rotatable bonds is 3. The van der Waals surface area contributed by atoms with Crippen molar-refractivity contribution in [1.82, 2.24) is 9.61 Å². The summed E-state index contributed by atoms with van der Waals surface area (Å²) >= 11 is 6.28. The largest absolute Gasteiger partial charge is 0.324 e. The van der Waals surface area contributed by atoms with Gasteiger partial charge in [-0.2, -0.15) is 5.10 Å². The molecule has 0 fully saturated rings. The van der Waals surface area contributed by atoms with Gasteiger partial charge >= 0.3 is 0 Å². The Labute approximate surface area is 123 Å². The Morgan fingerprint density at radius 2 is 2.15 bits per heavy atom. The van der Waals surface area contributed by atoms with Crippen molar-refractivity contribution in [2.24, 2.45) is 5.73 Å². The van der Waals surface area contributed by atoms with Crippen molar-refractivity contribution in [3.05, 3.63) is 70.5 Å². The molecule has 0 aliphatic rings. The lowest BCUT2D eigenvalue weighted by Gasteiger charge is -2.12. The molecule has 0 bridgehead atoms. The van der Waals surface area contributed by atoms with Gasteiger partial charge in [-0.3, -0.25) is 0 Å². The highest BCUT2D eigenvalue weighted by atomic mass is 35.5. The Morgan fingerprint density at radius 1 is 1.30 bits per heavy atom. The first-order chi connectivity index (χ1) is 9.65. The zero-order chi connectivity index (χ0) is 14.1. The molecule has 4 heteroatoms. The minimum absolute atomic E-state index is 0.116. The Bertz CT molecular complexity index is 748. The minimum atomic E-state index is -0.116. The third-order valence-electron chi connectivity index (χ3n) is 3.50. The van der Waals surface area contributed by atoms with Crippen LogP contribution in [0.5, 0.6) is 0 Å². The van der Waals surface area contributed by atoms with Crippen molar-refractivity contribution >= 4 is 17.1 Å². The quantitative estimate of drug-likeness (QED) is 0.800. The van der Waals surface area contributed by atoms with E-state index >= 15 is 0 Å². The highest BCUT2D eigenvalue weighted by Gasteiger charge is 2.14. The second-order valence-electron chi connectivity index (χ2n) is 5.04. The maximum atomic E-state index is 6.33. The summed E-state index contributed by atoms with van der Waals surface area (Å²) in [6.07, 6.45) is 4.46. The number of nitrogens with two attached hydrogens (primary N) is 1. The number of aryl methyl sites for hydroxylation is 1. The fourth-order valence-corrected chi connectivity index (χ4v) is 2.72. The highest BCUT2D eigenvalue weighted by Crippen LogP contribution is 2.25. The van der Waals surface area contributed by atoms with Crippen molar-refractivity contribution in [3.63, 3.8) is 0 Å². The number of benzene rings is 1. The molecule has 0 aliphatic heterocycles. The topological polar surface area (TPSA) is 43.3 Å². The van der Waals surface area contributed by atoms with Crippen molar-refractivity contribution in [3.8, 4) is 0 Å². The number of pyridine rings is 1. The van der Waals surface area contributed by atoms with Crippen molar-refractivity contribution in [1.29, 1.82) is 0 Å². The molecule has 102 valence electrons. The van der Waals surface area contributed by atoms with Crippen LogP contribution >= 0.6 is 11.6 Å². The van der Waals surface area contributed by atoms with Gasteiger partial charge in [-0.1, -0.05) is 29.8 Å². The number of halogens is 1. The Balaban J connectivity index is 1.91. The van der Waals surface area contributed by atoms with Gasteiger partial charge in [0.1, 0.15) is 0 Å². The molecule has 0 radical (unpaired) electrons. The Kier molecular flexibility index (Phi) is 3.47. The monoisotopic (exact) mass is 285 g/mol. The van der Waals surface area contributed by atoms with Crippen LogP contribution in [0, 0.1) is 6.92 Å². The molecule has 0 saturated heterocycles. The standard InChI is InChI=1S/C16H16ClN3/c1-11-5-6-12(14(17)8-11)9-15(18)13-10-19-20-7-3-2-4-16(13)20/h2-8,10,15H,9,18H2,1H3. The third kappa shape index (κ3) is 2.42. The molecule has 0 spiro atoms. The molecule has 2 aromatic heterocycles. The number of nitrogens with zero attached hydrogens (tertiary/aromatic N) is 2. The van der Waals surface area contributed by atoms with Gasteiger partial charge in [0, 0.05) is 22.8 Å². The second-order valence-corrected chi connectivity index (χ2v) is 5.44. The van der Waals surface area contributed by atoms with E-state index in [4.69, 9.17) is 17.3 Å². The maximum absolute atomic E-state index is 6.33. The normalized spacial score (nSPS) is 12.8. The lowest BCUT2D eigenvalue weighted by molar-refractivity contribution is 0.727. The zero-order valence-electron chi connectivity index (χ0n) is 11.3. The van der Waals surface area contributed by atoms with Crippen LogP contribution in [-0.2, 0) is 6.42 Å². The molecule has 0 aliphatic carbocycles. The summed E-state index contributed by atoms with van der Waals surface area (Å²) in [4.78, 5) is 0. The van der Waals surface area contributed by atoms with Crippen LogP contribution in [0.15, 0.2) is 48.8 Å². The van der Waals surface area contributed by atoms with Gasteiger partial charge in [0.2, 0.25) is 0 Å². The summed E-state index contributed by atoms with van der Waals surface area (Å²) in [5, 5.41) is 5.10. The van der Waals surface area contributed by atoms with Crippen LogP contribution in [-0.4, -0.2) is 9.61 Å². The Morgan fingerprint density at radius 3 is 2.95 bits per heavy atom. The average molecular weight is 286 g/mol. The van der Waals surface area contributed by atoms with E-state index in [1.54, 1.807) is 0 Å². The smallest absolute Gasteiger partial charge is 0.0709 e. The summed E-state index contributed by atoms with van der Waals surface area (Å²) < 4.78 is 1.84. The lowest BCUT2D eigenvalue weighted by Crippen LogP contribution is -2.13. The predicted octanol–water partition coefficient (Wildman–Crippen LogP) is 3.54. The van der Waals surface area contributed by atoms with E-state index in [9.17, 15) is 0 Å². The number of hydrogen-bond acceptors (Lipinski definition) is 2. The van der Waals surface area contributed by atoms with Crippen LogP contribution in [0.25, 0.3) is 5.52 Å². The fraction of sp³-hybridized carbons (Fsp3) is 0.188. The molecule has 3 nitrogen and oxygen atoms in total. The van der Waals surface area contributed by atoms with Gasteiger partial charge in [-0.25, -0.2) is 4.52 Å². The minimum Gasteiger partial charge on any atom is -0.324 e. The summed E-state index contributed by atoms with van der Waals surface area (Å²) in [6, 6.07) is 11.9. The van der Waals surface area contributed by atoms with E-state index in [0.717, 1.165) is 27.2 Å². The van der Waals surface area contributed by atoms with Crippen LogP contribution in [0.1, 0.15) is 22.7 Å². The van der Waals surface area contributed by atoms with Gasteiger partial charge in [-0.05, 0) is 42.7 Å². The maximum Gasteiger partial charge on any atom is 0.0709 e. The van der Waals surface area contributed by atoms with Crippen LogP contribution in [0.4, 0.5) is 0 Å². The third-order valence-corrected chi connectivity index (χ3v) is 3.86. The van der Waals surface area contributed by atoms with Gasteiger partial charge in [-0.15, -0.1) is 0 Å². The summed E-state index contributed by atoms with van der Waals surface area (Å²) in [6.45, 7) is 2.03. The fourth-order valence-electron chi connectivity index (χ4n) is 2.40. The molecular formula is C16H16ClN3. The lowest BCUT2D eigenvalue weighted by atomic mass is 10.00. The molecule has 1 aromatic carbocycles. The SMILES string of the molecule is Cc1ccc(CC(N)c2cnn3ccccc23)c(Cl)c1. The van der Waals surface area contributed by atoms with Gasteiger partial charge in [0.05, 0.1) is 11.7 Å².